The molecule has 3 atom stereocenters. The van der Waals surface area contributed by atoms with Gasteiger partial charge in [-0.2, -0.15) is 19.9 Å². The van der Waals surface area contributed by atoms with Crippen LogP contribution in [0.25, 0.3) is 0 Å². The third-order valence-electron chi connectivity index (χ3n) is 8.53. The first-order valence-corrected chi connectivity index (χ1v) is 22.6. The van der Waals surface area contributed by atoms with E-state index in [0.29, 0.717) is 49.2 Å². The van der Waals surface area contributed by atoms with E-state index in [1.807, 2.05) is 0 Å². The zero-order valence-corrected chi connectivity index (χ0v) is 37.2. The van der Waals surface area contributed by atoms with E-state index in [9.17, 15) is 22.8 Å². The summed E-state index contributed by atoms with van der Waals surface area (Å²) in [6.45, 7) is 0. The second kappa shape index (κ2) is 21.1. The standard InChI is InChI=1S/C44H34N8O12S3/c1-45-39-47-41(58-29-9-13-34(14-10-29)63-65(55)36-21-5-28(54)6-22-36)51-44(50-39)61-32-19-25-38(26-20-32)67(57)64-35-15-11-30(12-16-35)59-42-48-40(46-2)49-43(52-42)60-31-17-23-37(24-18-31)66(56)62-33-7-3-27(53)4-8-33/h3-26,53-54H,1-2H3,(H,45,47,50,51)(H,46,48,49,52). The van der Waals surface area contributed by atoms with Gasteiger partial charge in [0.1, 0.15) is 51.7 Å². The highest BCUT2D eigenvalue weighted by atomic mass is 32.2. The highest BCUT2D eigenvalue weighted by Gasteiger charge is 2.16. The Morgan fingerprint density at radius 2 is 0.567 bits per heavy atom. The molecule has 0 fully saturated rings. The number of aromatic hydroxyl groups is 2. The topological polar surface area (TPSA) is 258 Å². The number of rotatable bonds is 19. The molecule has 0 bridgehead atoms. The lowest BCUT2D eigenvalue weighted by atomic mass is 10.3. The van der Waals surface area contributed by atoms with Crippen molar-refractivity contribution in [3.8, 4) is 75.8 Å². The van der Waals surface area contributed by atoms with Gasteiger partial charge in [-0.15, -0.1) is 9.97 Å². The minimum Gasteiger partial charge on any atom is -0.508 e. The second-order valence-corrected chi connectivity index (χ2v) is 16.5. The summed E-state index contributed by atoms with van der Waals surface area (Å²) in [5.74, 6) is 2.70. The number of ether oxygens (including phenoxy) is 4. The SMILES string of the molecule is CNc1nc(Oc2ccc(OS(=O)c3ccc(Oc4nc(NC)nc(Oc5ccc(OS(=O)c6ccc(O)cc6)cc5)n4)cc3)cc2)nc(Oc2ccc(S(=O)Oc3ccc(O)cc3)cc2)n1. The Hall–Kier alpha value is -8.41. The monoisotopic (exact) mass is 962 g/mol. The van der Waals surface area contributed by atoms with Crippen LogP contribution < -0.4 is 42.1 Å². The van der Waals surface area contributed by atoms with Gasteiger partial charge in [-0.25, -0.2) is 12.6 Å². The Labute approximate surface area is 388 Å². The number of phenolic OH excluding ortho intramolecular Hbond substituents is 2. The van der Waals surface area contributed by atoms with Crippen LogP contribution in [0.3, 0.4) is 0 Å². The van der Waals surface area contributed by atoms with Gasteiger partial charge in [0.25, 0.3) is 0 Å². The molecular formula is C44H34N8O12S3. The van der Waals surface area contributed by atoms with E-state index in [2.05, 4.69) is 40.5 Å². The molecular weight excluding hydrogens is 929 g/mol. The molecule has 0 radical (unpaired) electrons. The van der Waals surface area contributed by atoms with Crippen LogP contribution in [0.4, 0.5) is 11.9 Å². The molecule has 67 heavy (non-hydrogen) atoms. The van der Waals surface area contributed by atoms with Crippen LogP contribution in [0.15, 0.2) is 160 Å². The second-order valence-electron chi connectivity index (χ2n) is 13.2. The largest absolute Gasteiger partial charge is 0.508 e. The van der Waals surface area contributed by atoms with E-state index in [0.717, 1.165) is 0 Å². The van der Waals surface area contributed by atoms with Crippen LogP contribution in [-0.2, 0) is 33.2 Å². The molecule has 0 amide bonds. The summed E-state index contributed by atoms with van der Waals surface area (Å²) in [7, 11) is 3.23. The first kappa shape index (κ1) is 45.2. The molecule has 0 spiro atoms. The Morgan fingerprint density at radius 1 is 0.343 bits per heavy atom. The van der Waals surface area contributed by atoms with Gasteiger partial charge in [0.2, 0.25) is 45.1 Å². The third kappa shape index (κ3) is 12.4. The molecule has 6 aromatic carbocycles. The predicted octanol–water partition coefficient (Wildman–Crippen LogP) is 8.03. The van der Waals surface area contributed by atoms with Crippen molar-refractivity contribution >= 4 is 45.1 Å². The molecule has 20 nitrogen and oxygen atoms in total. The van der Waals surface area contributed by atoms with Crippen LogP contribution in [0, 0.1) is 0 Å². The number of nitrogens with zero attached hydrogens (tertiary/aromatic N) is 6. The first-order chi connectivity index (χ1) is 32.5. The maximum absolute atomic E-state index is 13.2. The molecule has 23 heteroatoms. The molecule has 340 valence electrons. The van der Waals surface area contributed by atoms with Crippen molar-refractivity contribution in [1.29, 1.82) is 0 Å². The number of phenols is 2. The normalized spacial score (nSPS) is 12.1. The van der Waals surface area contributed by atoms with Crippen LogP contribution in [-0.4, -0.2) is 66.8 Å². The van der Waals surface area contributed by atoms with Gasteiger partial charge >= 0.3 is 24.0 Å². The van der Waals surface area contributed by atoms with Gasteiger partial charge in [0.05, 0.1) is 14.7 Å². The van der Waals surface area contributed by atoms with E-state index in [-0.39, 0.29) is 53.2 Å². The lowest BCUT2D eigenvalue weighted by Crippen LogP contribution is -2.04. The Kier molecular flexibility index (Phi) is 14.2. The van der Waals surface area contributed by atoms with E-state index >= 15 is 0 Å². The van der Waals surface area contributed by atoms with E-state index < -0.39 is 33.2 Å². The van der Waals surface area contributed by atoms with Crippen molar-refractivity contribution in [2.24, 2.45) is 0 Å². The van der Waals surface area contributed by atoms with Gasteiger partial charge in [0.15, 0.2) is 0 Å². The molecule has 4 N–H and O–H groups in total. The molecule has 2 heterocycles. The van der Waals surface area contributed by atoms with Gasteiger partial charge in [0, 0.05) is 14.1 Å². The third-order valence-corrected chi connectivity index (χ3v) is 11.5. The van der Waals surface area contributed by atoms with E-state index in [4.69, 9.17) is 31.5 Å². The quantitative estimate of drug-likeness (QED) is 0.0598. The lowest BCUT2D eigenvalue weighted by molar-refractivity contribution is 0.397. The fourth-order valence-corrected chi connectivity index (χ4v) is 7.55. The number of hydrogen-bond donors (Lipinski definition) is 4. The van der Waals surface area contributed by atoms with Crippen LogP contribution >= 0.6 is 0 Å². The summed E-state index contributed by atoms with van der Waals surface area (Å²) >= 11 is -5.54. The van der Waals surface area contributed by atoms with Crippen molar-refractivity contribution in [3.05, 3.63) is 146 Å². The average Bonchev–Trinajstić information content (AvgIpc) is 3.34. The van der Waals surface area contributed by atoms with Crippen molar-refractivity contribution in [2.45, 2.75) is 14.7 Å². The number of anilines is 2. The number of nitrogens with one attached hydrogen (secondary N) is 2. The number of aromatic nitrogens is 6. The summed E-state index contributed by atoms with van der Waals surface area (Å²) in [5, 5.41) is 24.6. The number of hydrogen-bond acceptors (Lipinski definition) is 20. The average molecular weight is 963 g/mol. The molecule has 0 aliphatic rings. The molecule has 0 saturated carbocycles. The Balaban J connectivity index is 0.836. The minimum absolute atomic E-state index is 0.0499. The fraction of sp³-hybridized carbons (Fsp3) is 0.0455. The maximum atomic E-state index is 13.2. The predicted molar refractivity (Wildman–Crippen MR) is 242 cm³/mol. The molecule has 0 aliphatic heterocycles. The first-order valence-electron chi connectivity index (χ1n) is 19.4. The molecule has 8 rings (SSSR count). The molecule has 8 aromatic rings. The van der Waals surface area contributed by atoms with Crippen LogP contribution in [0.5, 0.6) is 75.8 Å². The Morgan fingerprint density at radius 3 is 0.851 bits per heavy atom. The highest BCUT2D eigenvalue weighted by Crippen LogP contribution is 2.30. The Bertz CT molecular complexity index is 3030. The summed E-state index contributed by atoms with van der Waals surface area (Å²) in [6, 6.07) is 36.4. The maximum Gasteiger partial charge on any atom is 0.330 e. The van der Waals surface area contributed by atoms with Crippen molar-refractivity contribution in [3.63, 3.8) is 0 Å². The lowest BCUT2D eigenvalue weighted by Gasteiger charge is -2.10. The summed E-state index contributed by atoms with van der Waals surface area (Å²) in [5.41, 5.74) is 0. The van der Waals surface area contributed by atoms with E-state index in [1.54, 1.807) is 111 Å². The fourth-order valence-electron chi connectivity index (χ4n) is 5.33. The van der Waals surface area contributed by atoms with Crippen LogP contribution in [0.1, 0.15) is 0 Å². The van der Waals surface area contributed by atoms with Gasteiger partial charge in [-0.1, -0.05) is 0 Å². The summed E-state index contributed by atoms with van der Waals surface area (Å²) in [4.78, 5) is 26.5. The van der Waals surface area contributed by atoms with Crippen molar-refractivity contribution in [2.75, 3.05) is 24.7 Å². The minimum atomic E-state index is -1.92. The summed E-state index contributed by atoms with van der Waals surface area (Å²) < 4.78 is 78.3. The molecule has 0 aliphatic carbocycles. The van der Waals surface area contributed by atoms with E-state index in [1.165, 1.54) is 48.5 Å². The van der Waals surface area contributed by atoms with Gasteiger partial charge in [-0.3, -0.25) is 0 Å². The van der Waals surface area contributed by atoms with Crippen LogP contribution in [0.2, 0.25) is 0 Å². The molecule has 3 unspecified atom stereocenters. The molecule has 0 saturated heterocycles. The van der Waals surface area contributed by atoms with Crippen molar-refractivity contribution in [1.82, 2.24) is 29.9 Å². The van der Waals surface area contributed by atoms with Gasteiger partial charge in [-0.05, 0) is 146 Å². The zero-order valence-electron chi connectivity index (χ0n) is 34.7. The number of benzene rings is 6. The zero-order chi connectivity index (χ0) is 46.7. The summed E-state index contributed by atoms with van der Waals surface area (Å²) in [6.07, 6.45) is 0. The van der Waals surface area contributed by atoms with Gasteiger partial charge < -0.3 is 52.3 Å². The highest BCUT2D eigenvalue weighted by molar-refractivity contribution is 7.81. The molecule has 2 aromatic heterocycles. The van der Waals surface area contributed by atoms with Crippen molar-refractivity contribution < 1.29 is 54.3 Å². The smallest absolute Gasteiger partial charge is 0.330 e.